The minimum Gasteiger partial charge on any atom is -0.288 e. The van der Waals surface area contributed by atoms with E-state index >= 15 is 0 Å². The van der Waals surface area contributed by atoms with Gasteiger partial charge in [0.05, 0.1) is 11.6 Å². The number of carbonyl (C=O) groups excluding carboxylic acids is 1. The van der Waals surface area contributed by atoms with Crippen molar-refractivity contribution in [3.63, 3.8) is 0 Å². The van der Waals surface area contributed by atoms with Crippen molar-refractivity contribution in [2.24, 2.45) is 0 Å². The molecule has 0 amide bonds. The van der Waals surface area contributed by atoms with Gasteiger partial charge in [-0.3, -0.25) is 4.79 Å². The van der Waals surface area contributed by atoms with Crippen LogP contribution in [-0.2, 0) is 4.79 Å². The van der Waals surface area contributed by atoms with Crippen LogP contribution >= 0.6 is 11.8 Å². The van der Waals surface area contributed by atoms with Gasteiger partial charge in [-0.1, -0.05) is 30.0 Å². The van der Waals surface area contributed by atoms with E-state index in [4.69, 9.17) is 5.26 Å². The molecule has 1 rings (SSSR count). The number of nitrogens with zero attached hydrogens (tertiary/aromatic N) is 1. The first-order valence-electron chi connectivity index (χ1n) is 4.63. The van der Waals surface area contributed by atoms with Crippen LogP contribution in [0, 0.1) is 17.1 Å². The van der Waals surface area contributed by atoms with Crippen LogP contribution in [0.3, 0.4) is 0 Å². The summed E-state index contributed by atoms with van der Waals surface area (Å²) in [7, 11) is 0. The second kappa shape index (κ2) is 6.09. The number of rotatable bonds is 3. The Bertz CT molecular complexity index is 463. The van der Waals surface area contributed by atoms with E-state index in [0.29, 0.717) is 16.9 Å². The van der Waals surface area contributed by atoms with Gasteiger partial charge in [-0.25, -0.2) is 4.39 Å². The first-order valence-corrected chi connectivity index (χ1v) is 5.61. The van der Waals surface area contributed by atoms with Crippen LogP contribution in [0.25, 0.3) is 6.08 Å². The summed E-state index contributed by atoms with van der Waals surface area (Å²) in [4.78, 5) is 10.6. The van der Waals surface area contributed by atoms with Crippen LogP contribution in [0.2, 0.25) is 0 Å². The molecule has 4 heteroatoms. The van der Waals surface area contributed by atoms with Crippen molar-refractivity contribution in [3.8, 4) is 6.07 Å². The summed E-state index contributed by atoms with van der Waals surface area (Å²) in [6.45, 7) is 1.50. The van der Waals surface area contributed by atoms with Crippen LogP contribution in [0.4, 0.5) is 4.39 Å². The van der Waals surface area contributed by atoms with Gasteiger partial charge in [0.1, 0.15) is 5.82 Å². The van der Waals surface area contributed by atoms with E-state index in [1.165, 1.54) is 30.8 Å². The van der Waals surface area contributed by atoms with Crippen LogP contribution < -0.4 is 0 Å². The van der Waals surface area contributed by atoms with Crippen LogP contribution in [0.1, 0.15) is 18.1 Å². The molecule has 82 valence electrons. The molecule has 0 aliphatic heterocycles. The smallest absolute Gasteiger partial charge is 0.186 e. The molecule has 0 heterocycles. The minimum absolute atomic E-state index is 0.0456. The topological polar surface area (TPSA) is 40.9 Å². The van der Waals surface area contributed by atoms with Gasteiger partial charge in [0.25, 0.3) is 0 Å². The zero-order valence-electron chi connectivity index (χ0n) is 8.74. The number of benzene rings is 1. The number of thioether (sulfide) groups is 1. The van der Waals surface area contributed by atoms with Crippen molar-refractivity contribution in [1.82, 2.24) is 0 Å². The molecule has 0 radical (unpaired) electrons. The third-order valence-corrected chi connectivity index (χ3v) is 2.58. The standard InChI is InChI=1S/C12H10FNOS/c1-9(15)16-6-2-3-10-4-5-12(13)7-11(10)8-14/h2-5,7H,6H2,1H3. The zero-order chi connectivity index (χ0) is 12.0. The number of halogens is 1. The van der Waals surface area contributed by atoms with E-state index in [1.54, 1.807) is 18.2 Å². The fourth-order valence-corrected chi connectivity index (χ4v) is 1.54. The SMILES string of the molecule is CC(=O)SCC=Cc1ccc(F)cc1C#N. The molecule has 1 aromatic carbocycles. The molecule has 0 aliphatic rings. The van der Waals surface area contributed by atoms with Crippen molar-refractivity contribution in [2.75, 3.05) is 5.75 Å². The first-order chi connectivity index (χ1) is 7.63. The Morgan fingerprint density at radius 1 is 1.62 bits per heavy atom. The summed E-state index contributed by atoms with van der Waals surface area (Å²) in [5.74, 6) is 0.129. The van der Waals surface area contributed by atoms with Gasteiger partial charge in [0, 0.05) is 12.7 Å². The maximum atomic E-state index is 12.8. The second-order valence-electron chi connectivity index (χ2n) is 3.05. The highest BCUT2D eigenvalue weighted by Crippen LogP contribution is 2.13. The summed E-state index contributed by atoms with van der Waals surface area (Å²) in [5.41, 5.74) is 0.956. The van der Waals surface area contributed by atoms with E-state index in [2.05, 4.69) is 0 Å². The monoisotopic (exact) mass is 235 g/mol. The number of hydrogen-bond donors (Lipinski definition) is 0. The number of hydrogen-bond acceptors (Lipinski definition) is 3. The summed E-state index contributed by atoms with van der Waals surface area (Å²) in [6, 6.07) is 5.96. The van der Waals surface area contributed by atoms with E-state index in [-0.39, 0.29) is 5.12 Å². The number of nitriles is 1. The Kier molecular flexibility index (Phi) is 4.74. The quantitative estimate of drug-likeness (QED) is 0.808. The normalized spacial score (nSPS) is 10.3. The first kappa shape index (κ1) is 12.5. The Balaban J connectivity index is 2.74. The van der Waals surface area contributed by atoms with E-state index in [1.807, 2.05) is 6.07 Å². The maximum Gasteiger partial charge on any atom is 0.186 e. The van der Waals surface area contributed by atoms with Crippen molar-refractivity contribution in [1.29, 1.82) is 5.26 Å². The van der Waals surface area contributed by atoms with Crippen molar-refractivity contribution < 1.29 is 9.18 Å². The largest absolute Gasteiger partial charge is 0.288 e. The van der Waals surface area contributed by atoms with Gasteiger partial charge in [-0.2, -0.15) is 5.26 Å². The zero-order valence-corrected chi connectivity index (χ0v) is 9.55. The molecule has 0 aromatic heterocycles. The molecule has 0 bridgehead atoms. The summed E-state index contributed by atoms with van der Waals surface area (Å²) in [6.07, 6.45) is 3.49. The third-order valence-electron chi connectivity index (χ3n) is 1.82. The van der Waals surface area contributed by atoms with Gasteiger partial charge >= 0.3 is 0 Å². The lowest BCUT2D eigenvalue weighted by atomic mass is 10.1. The molecule has 1 aromatic rings. The van der Waals surface area contributed by atoms with Crippen molar-refractivity contribution in [3.05, 3.63) is 41.2 Å². The summed E-state index contributed by atoms with van der Waals surface area (Å²) in [5, 5.41) is 8.82. The van der Waals surface area contributed by atoms with Gasteiger partial charge in [-0.05, 0) is 17.7 Å². The Hall–Kier alpha value is -1.60. The Labute approximate surface area is 97.8 Å². The van der Waals surface area contributed by atoms with Crippen LogP contribution in [0.15, 0.2) is 24.3 Å². The highest BCUT2D eigenvalue weighted by molar-refractivity contribution is 8.13. The van der Waals surface area contributed by atoms with Gasteiger partial charge < -0.3 is 0 Å². The average molecular weight is 235 g/mol. The molecular weight excluding hydrogens is 225 g/mol. The molecule has 0 saturated heterocycles. The Morgan fingerprint density at radius 3 is 3.00 bits per heavy atom. The fraction of sp³-hybridized carbons (Fsp3) is 0.167. The lowest BCUT2D eigenvalue weighted by Gasteiger charge is -1.97. The van der Waals surface area contributed by atoms with Gasteiger partial charge in [0.15, 0.2) is 5.12 Å². The lowest BCUT2D eigenvalue weighted by molar-refractivity contribution is -0.109. The van der Waals surface area contributed by atoms with E-state index < -0.39 is 5.82 Å². The Morgan fingerprint density at radius 2 is 2.38 bits per heavy atom. The average Bonchev–Trinajstić information content (AvgIpc) is 2.25. The van der Waals surface area contributed by atoms with Gasteiger partial charge in [-0.15, -0.1) is 0 Å². The molecule has 0 unspecified atom stereocenters. The highest BCUT2D eigenvalue weighted by atomic mass is 32.2. The molecule has 0 spiro atoms. The lowest BCUT2D eigenvalue weighted by Crippen LogP contribution is -1.85. The van der Waals surface area contributed by atoms with Crippen LogP contribution in [0.5, 0.6) is 0 Å². The molecular formula is C12H10FNOS. The van der Waals surface area contributed by atoms with Gasteiger partial charge in [0.2, 0.25) is 0 Å². The summed E-state index contributed by atoms with van der Waals surface area (Å²) < 4.78 is 12.8. The predicted molar refractivity (Wildman–Crippen MR) is 63.3 cm³/mol. The second-order valence-corrected chi connectivity index (χ2v) is 4.25. The molecule has 0 saturated carbocycles. The molecule has 0 atom stereocenters. The third kappa shape index (κ3) is 3.87. The van der Waals surface area contributed by atoms with E-state index in [0.717, 1.165) is 0 Å². The van der Waals surface area contributed by atoms with Crippen molar-refractivity contribution in [2.45, 2.75) is 6.92 Å². The fourth-order valence-electron chi connectivity index (χ4n) is 1.11. The molecule has 2 nitrogen and oxygen atoms in total. The predicted octanol–water partition coefficient (Wildman–Crippen LogP) is 2.99. The molecule has 0 N–H and O–H groups in total. The highest BCUT2D eigenvalue weighted by Gasteiger charge is 2.00. The summed E-state index contributed by atoms with van der Waals surface area (Å²) >= 11 is 1.18. The number of carbonyl (C=O) groups is 1. The van der Waals surface area contributed by atoms with E-state index in [9.17, 15) is 9.18 Å². The molecule has 0 aliphatic carbocycles. The van der Waals surface area contributed by atoms with Crippen molar-refractivity contribution >= 4 is 23.0 Å². The van der Waals surface area contributed by atoms with Crippen LogP contribution in [-0.4, -0.2) is 10.9 Å². The molecule has 0 fully saturated rings. The minimum atomic E-state index is -0.424. The maximum absolute atomic E-state index is 12.8. The molecule has 16 heavy (non-hydrogen) atoms.